The number of nitrogens with zero attached hydrogens (tertiary/aromatic N) is 3. The van der Waals surface area contributed by atoms with Gasteiger partial charge in [0.2, 0.25) is 0 Å². The van der Waals surface area contributed by atoms with E-state index in [1.165, 1.54) is 0 Å². The molecular weight excluding hydrogens is 166 g/mol. The van der Waals surface area contributed by atoms with E-state index in [4.69, 9.17) is 0 Å². The fourth-order valence-corrected chi connectivity index (χ4v) is 1.56. The first-order valence-electron chi connectivity index (χ1n) is 4.85. The maximum atomic E-state index is 9.80. The van der Waals surface area contributed by atoms with Gasteiger partial charge in [0.05, 0.1) is 0 Å². The van der Waals surface area contributed by atoms with E-state index in [1.807, 2.05) is 19.0 Å². The molecule has 0 spiro atoms. The molecule has 1 aliphatic heterocycles. The van der Waals surface area contributed by atoms with E-state index in [1.54, 1.807) is 0 Å². The van der Waals surface area contributed by atoms with Gasteiger partial charge in [0.1, 0.15) is 6.23 Å². The Bertz CT molecular complexity index is 144. The van der Waals surface area contributed by atoms with Crippen molar-refractivity contribution >= 4 is 0 Å². The Hall–Kier alpha value is -0.160. The molecule has 1 N–H and O–H groups in total. The van der Waals surface area contributed by atoms with Crippen LogP contribution in [0.3, 0.4) is 0 Å². The molecule has 1 saturated heterocycles. The first-order chi connectivity index (χ1) is 6.09. The Balaban J connectivity index is 2.27. The average molecular weight is 187 g/mol. The Kier molecular flexibility index (Phi) is 4.12. The quantitative estimate of drug-likeness (QED) is 0.621. The molecule has 1 heterocycles. The molecule has 4 nitrogen and oxygen atoms in total. The highest BCUT2D eigenvalue weighted by atomic mass is 16.3. The second-order valence-corrected chi connectivity index (χ2v) is 4.08. The summed E-state index contributed by atoms with van der Waals surface area (Å²) < 4.78 is 0. The molecule has 0 saturated carbocycles. The van der Waals surface area contributed by atoms with E-state index in [0.717, 1.165) is 32.7 Å². The third kappa shape index (κ3) is 3.60. The molecule has 0 bridgehead atoms. The van der Waals surface area contributed by atoms with Gasteiger partial charge in [0.25, 0.3) is 0 Å². The lowest BCUT2D eigenvalue weighted by Gasteiger charge is -2.36. The van der Waals surface area contributed by atoms with Crippen LogP contribution in [0.5, 0.6) is 0 Å². The number of aliphatic hydroxyl groups excluding tert-OH is 1. The maximum Gasteiger partial charge on any atom is 0.120 e. The Morgan fingerprint density at radius 1 is 1.23 bits per heavy atom. The molecule has 0 radical (unpaired) electrons. The minimum absolute atomic E-state index is 0.302. The third-order valence-corrected chi connectivity index (χ3v) is 2.49. The van der Waals surface area contributed by atoms with Crippen molar-refractivity contribution in [1.29, 1.82) is 0 Å². The fourth-order valence-electron chi connectivity index (χ4n) is 1.56. The largest absolute Gasteiger partial charge is 0.377 e. The molecule has 78 valence electrons. The van der Waals surface area contributed by atoms with E-state index in [9.17, 15) is 5.11 Å². The summed E-state index contributed by atoms with van der Waals surface area (Å²) in [6.07, 6.45) is -0.302. The highest BCUT2D eigenvalue weighted by molar-refractivity contribution is 4.72. The van der Waals surface area contributed by atoms with Crippen molar-refractivity contribution in [3.63, 3.8) is 0 Å². The van der Waals surface area contributed by atoms with Crippen LogP contribution >= 0.6 is 0 Å². The summed E-state index contributed by atoms with van der Waals surface area (Å²) >= 11 is 0. The molecule has 13 heavy (non-hydrogen) atoms. The van der Waals surface area contributed by atoms with Crippen molar-refractivity contribution in [2.24, 2.45) is 0 Å². The monoisotopic (exact) mass is 187 g/mol. The van der Waals surface area contributed by atoms with Crippen LogP contribution < -0.4 is 0 Å². The molecule has 0 aromatic carbocycles. The van der Waals surface area contributed by atoms with Crippen LogP contribution in [0.1, 0.15) is 0 Å². The van der Waals surface area contributed by atoms with Crippen LogP contribution in [0.4, 0.5) is 0 Å². The first-order valence-corrected chi connectivity index (χ1v) is 4.85. The van der Waals surface area contributed by atoms with E-state index in [0.29, 0.717) is 0 Å². The predicted octanol–water partition coefficient (Wildman–Crippen LogP) is -0.886. The second kappa shape index (κ2) is 4.91. The zero-order valence-electron chi connectivity index (χ0n) is 8.90. The summed E-state index contributed by atoms with van der Waals surface area (Å²) in [6.45, 7) is 4.80. The van der Waals surface area contributed by atoms with Crippen molar-refractivity contribution < 1.29 is 5.11 Å². The highest BCUT2D eigenvalue weighted by Crippen LogP contribution is 2.03. The van der Waals surface area contributed by atoms with Crippen LogP contribution in [0.2, 0.25) is 0 Å². The molecule has 1 atom stereocenters. The summed E-state index contributed by atoms with van der Waals surface area (Å²) in [5, 5.41) is 9.80. The second-order valence-electron chi connectivity index (χ2n) is 4.08. The predicted molar refractivity (Wildman–Crippen MR) is 53.6 cm³/mol. The zero-order chi connectivity index (χ0) is 9.84. The average Bonchev–Trinajstić information content (AvgIpc) is 2.04. The molecule has 0 aliphatic carbocycles. The maximum absolute atomic E-state index is 9.80. The van der Waals surface area contributed by atoms with E-state index in [-0.39, 0.29) is 6.23 Å². The SMILES string of the molecule is CN(C)CC(O)N1CCN(C)CC1. The number of hydrogen-bond acceptors (Lipinski definition) is 4. The molecule has 0 aromatic heterocycles. The van der Waals surface area contributed by atoms with E-state index >= 15 is 0 Å². The normalized spacial score (nSPS) is 23.8. The smallest absolute Gasteiger partial charge is 0.120 e. The molecule has 1 unspecified atom stereocenters. The van der Waals surface area contributed by atoms with Crippen molar-refractivity contribution in [2.45, 2.75) is 6.23 Å². The van der Waals surface area contributed by atoms with Gasteiger partial charge in [-0.2, -0.15) is 0 Å². The molecule has 0 amide bonds. The van der Waals surface area contributed by atoms with Crippen molar-refractivity contribution in [3.8, 4) is 0 Å². The number of piperazine rings is 1. The molecule has 1 rings (SSSR count). The molecule has 0 aromatic rings. The van der Waals surface area contributed by atoms with Crippen molar-refractivity contribution in [2.75, 3.05) is 53.9 Å². The summed E-state index contributed by atoms with van der Waals surface area (Å²) in [4.78, 5) is 6.45. The molecule has 1 fully saturated rings. The number of hydrogen-bond donors (Lipinski definition) is 1. The van der Waals surface area contributed by atoms with Gasteiger partial charge in [0.15, 0.2) is 0 Å². The highest BCUT2D eigenvalue weighted by Gasteiger charge is 2.20. The standard InChI is InChI=1S/C9H21N3O/c1-10(2)8-9(13)12-6-4-11(3)5-7-12/h9,13H,4-8H2,1-3H3. The van der Waals surface area contributed by atoms with Crippen LogP contribution in [0, 0.1) is 0 Å². The van der Waals surface area contributed by atoms with E-state index < -0.39 is 0 Å². The number of aliphatic hydroxyl groups is 1. The molecule has 1 aliphatic rings. The van der Waals surface area contributed by atoms with Crippen LogP contribution in [-0.4, -0.2) is 79.9 Å². The lowest BCUT2D eigenvalue weighted by molar-refractivity contribution is -0.0338. The number of likely N-dealkylation sites (N-methyl/N-ethyl adjacent to an activating group) is 2. The lowest BCUT2D eigenvalue weighted by Crippen LogP contribution is -2.51. The topological polar surface area (TPSA) is 30.0 Å². The summed E-state index contributed by atoms with van der Waals surface area (Å²) in [7, 11) is 6.09. The minimum atomic E-state index is -0.302. The first kappa shape index (κ1) is 10.9. The fraction of sp³-hybridized carbons (Fsp3) is 1.00. The van der Waals surface area contributed by atoms with Crippen LogP contribution in [0.15, 0.2) is 0 Å². The Morgan fingerprint density at radius 3 is 2.23 bits per heavy atom. The van der Waals surface area contributed by atoms with Crippen molar-refractivity contribution in [1.82, 2.24) is 14.7 Å². The zero-order valence-corrected chi connectivity index (χ0v) is 8.90. The molecular formula is C9H21N3O. The summed E-state index contributed by atoms with van der Waals surface area (Å²) in [5.74, 6) is 0. The van der Waals surface area contributed by atoms with Gasteiger partial charge >= 0.3 is 0 Å². The minimum Gasteiger partial charge on any atom is -0.377 e. The van der Waals surface area contributed by atoms with Gasteiger partial charge in [0, 0.05) is 32.7 Å². The van der Waals surface area contributed by atoms with Gasteiger partial charge in [-0.25, -0.2) is 0 Å². The van der Waals surface area contributed by atoms with Gasteiger partial charge in [-0.05, 0) is 21.1 Å². The lowest BCUT2D eigenvalue weighted by atomic mass is 10.3. The van der Waals surface area contributed by atoms with Gasteiger partial charge in [-0.3, -0.25) is 4.90 Å². The Labute approximate surface area is 80.7 Å². The van der Waals surface area contributed by atoms with Crippen LogP contribution in [-0.2, 0) is 0 Å². The van der Waals surface area contributed by atoms with Crippen LogP contribution in [0.25, 0.3) is 0 Å². The number of rotatable bonds is 3. The summed E-state index contributed by atoms with van der Waals surface area (Å²) in [6, 6.07) is 0. The van der Waals surface area contributed by atoms with Gasteiger partial charge in [-0.15, -0.1) is 0 Å². The van der Waals surface area contributed by atoms with Crippen molar-refractivity contribution in [3.05, 3.63) is 0 Å². The third-order valence-electron chi connectivity index (χ3n) is 2.49. The summed E-state index contributed by atoms with van der Waals surface area (Å²) in [5.41, 5.74) is 0. The Morgan fingerprint density at radius 2 is 1.77 bits per heavy atom. The van der Waals surface area contributed by atoms with E-state index in [2.05, 4.69) is 16.8 Å². The van der Waals surface area contributed by atoms with Gasteiger partial charge < -0.3 is 14.9 Å². The molecule has 4 heteroatoms. The van der Waals surface area contributed by atoms with Gasteiger partial charge in [-0.1, -0.05) is 0 Å².